The molecule has 1 atom stereocenters. The largest absolute Gasteiger partial charge is 0.334 e. The van der Waals surface area contributed by atoms with Crippen LogP contribution in [-0.2, 0) is 4.79 Å². The van der Waals surface area contributed by atoms with E-state index in [1.165, 1.54) is 0 Å². The van der Waals surface area contributed by atoms with Gasteiger partial charge in [-0.05, 0) is 19.9 Å². The molecular formula is C12H17N3OS. The Morgan fingerprint density at radius 1 is 1.71 bits per heavy atom. The van der Waals surface area contributed by atoms with Gasteiger partial charge < -0.3 is 10.2 Å². The normalized spacial score (nSPS) is 21.1. The summed E-state index contributed by atoms with van der Waals surface area (Å²) in [6, 6.07) is 0.268. The maximum Gasteiger partial charge on any atom is 0.246 e. The molecule has 1 saturated heterocycles. The summed E-state index contributed by atoms with van der Waals surface area (Å²) in [6.45, 7) is 6.56. The lowest BCUT2D eigenvalue weighted by Crippen LogP contribution is -2.51. The fourth-order valence-electron chi connectivity index (χ4n) is 1.87. The van der Waals surface area contributed by atoms with Crippen LogP contribution in [0.2, 0.25) is 0 Å². The maximum atomic E-state index is 12.0. The van der Waals surface area contributed by atoms with Crippen molar-refractivity contribution in [1.82, 2.24) is 15.2 Å². The van der Waals surface area contributed by atoms with Crippen molar-refractivity contribution < 1.29 is 4.79 Å². The molecule has 0 aromatic carbocycles. The fourth-order valence-corrected chi connectivity index (χ4v) is 2.56. The Labute approximate surface area is 105 Å². The molecule has 1 aliphatic rings. The van der Waals surface area contributed by atoms with Crippen LogP contribution in [0.1, 0.15) is 16.8 Å². The van der Waals surface area contributed by atoms with Crippen molar-refractivity contribution in [2.45, 2.75) is 19.9 Å². The van der Waals surface area contributed by atoms with Crippen LogP contribution in [0.5, 0.6) is 0 Å². The van der Waals surface area contributed by atoms with Crippen molar-refractivity contribution >= 4 is 23.3 Å². The molecule has 17 heavy (non-hydrogen) atoms. The summed E-state index contributed by atoms with van der Waals surface area (Å²) in [7, 11) is 0. The van der Waals surface area contributed by atoms with E-state index in [-0.39, 0.29) is 11.9 Å². The number of aromatic nitrogens is 1. The molecular weight excluding hydrogens is 234 g/mol. The smallest absolute Gasteiger partial charge is 0.246 e. The fraction of sp³-hybridized carbons (Fsp3) is 0.500. The number of nitrogens with zero attached hydrogens (tertiary/aromatic N) is 2. The number of nitrogens with one attached hydrogen (secondary N) is 1. The summed E-state index contributed by atoms with van der Waals surface area (Å²) in [4.78, 5) is 19.1. The average molecular weight is 251 g/mol. The monoisotopic (exact) mass is 251 g/mol. The van der Waals surface area contributed by atoms with Crippen LogP contribution in [0.15, 0.2) is 12.3 Å². The predicted octanol–water partition coefficient (Wildman–Crippen LogP) is 1.29. The molecule has 0 bridgehead atoms. The number of thiazole rings is 1. The van der Waals surface area contributed by atoms with E-state index in [4.69, 9.17) is 0 Å². The number of amides is 1. The highest BCUT2D eigenvalue weighted by molar-refractivity contribution is 7.12. The zero-order valence-corrected chi connectivity index (χ0v) is 11.0. The molecule has 5 heteroatoms. The van der Waals surface area contributed by atoms with Gasteiger partial charge in [-0.2, -0.15) is 0 Å². The Bertz CT molecular complexity index is 427. The van der Waals surface area contributed by atoms with Gasteiger partial charge in [-0.15, -0.1) is 11.3 Å². The minimum atomic E-state index is 0.0880. The Morgan fingerprint density at radius 2 is 2.53 bits per heavy atom. The van der Waals surface area contributed by atoms with Gasteiger partial charge in [0.15, 0.2) is 0 Å². The lowest BCUT2D eigenvalue weighted by atomic mass is 10.2. The molecule has 0 aliphatic carbocycles. The van der Waals surface area contributed by atoms with E-state index >= 15 is 0 Å². The lowest BCUT2D eigenvalue weighted by molar-refractivity contribution is -0.128. The predicted molar refractivity (Wildman–Crippen MR) is 69.9 cm³/mol. The number of carbonyl (C=O) groups excluding carboxylic acids is 1. The van der Waals surface area contributed by atoms with Gasteiger partial charge in [-0.25, -0.2) is 4.98 Å². The first-order chi connectivity index (χ1) is 8.16. The molecule has 1 aliphatic heterocycles. The van der Waals surface area contributed by atoms with E-state index in [2.05, 4.69) is 17.2 Å². The minimum absolute atomic E-state index is 0.0880. The van der Waals surface area contributed by atoms with Crippen molar-refractivity contribution in [3.63, 3.8) is 0 Å². The van der Waals surface area contributed by atoms with Gasteiger partial charge in [-0.1, -0.05) is 0 Å². The van der Waals surface area contributed by atoms with Crippen molar-refractivity contribution in [2.75, 3.05) is 19.6 Å². The Kier molecular flexibility index (Phi) is 3.91. The first kappa shape index (κ1) is 12.3. The third kappa shape index (κ3) is 3.14. The first-order valence-corrected chi connectivity index (χ1v) is 6.60. The summed E-state index contributed by atoms with van der Waals surface area (Å²) in [5.74, 6) is 0.0880. The van der Waals surface area contributed by atoms with E-state index in [0.29, 0.717) is 0 Å². The van der Waals surface area contributed by atoms with E-state index in [1.54, 1.807) is 23.6 Å². The standard InChI is InChI=1S/C12H17N3OS/c1-9-7-13-5-6-15(9)12(16)4-3-11-8-14-10(2)17-11/h3-4,8-9,13H,5-7H2,1-2H3/b4-3+. The summed E-state index contributed by atoms with van der Waals surface area (Å²) in [5, 5.41) is 4.29. The van der Waals surface area contributed by atoms with Crippen molar-refractivity contribution in [3.8, 4) is 0 Å². The molecule has 1 fully saturated rings. The van der Waals surface area contributed by atoms with Crippen molar-refractivity contribution in [3.05, 3.63) is 22.2 Å². The Hall–Kier alpha value is -1.20. The van der Waals surface area contributed by atoms with Gasteiger partial charge in [0.25, 0.3) is 0 Å². The summed E-state index contributed by atoms with van der Waals surface area (Å²) < 4.78 is 0. The second-order valence-electron chi connectivity index (χ2n) is 4.20. The SMILES string of the molecule is Cc1ncc(/C=C/C(=O)N2CCNCC2C)s1. The maximum absolute atomic E-state index is 12.0. The molecule has 1 unspecified atom stereocenters. The third-order valence-corrected chi connectivity index (χ3v) is 3.69. The highest BCUT2D eigenvalue weighted by atomic mass is 32.1. The van der Waals surface area contributed by atoms with Gasteiger partial charge in [-0.3, -0.25) is 4.79 Å². The summed E-state index contributed by atoms with van der Waals surface area (Å²) >= 11 is 1.60. The van der Waals surface area contributed by atoms with Crippen LogP contribution in [0.25, 0.3) is 6.08 Å². The molecule has 92 valence electrons. The molecule has 1 amide bonds. The molecule has 0 radical (unpaired) electrons. The van der Waals surface area contributed by atoms with Gasteiger partial charge >= 0.3 is 0 Å². The van der Waals surface area contributed by atoms with Crippen LogP contribution in [0, 0.1) is 6.92 Å². The number of carbonyl (C=O) groups is 1. The Morgan fingerprint density at radius 3 is 3.18 bits per heavy atom. The molecule has 0 saturated carbocycles. The van der Waals surface area contributed by atoms with Crippen LogP contribution in [0.3, 0.4) is 0 Å². The molecule has 2 rings (SSSR count). The molecule has 2 heterocycles. The Balaban J connectivity index is 1.98. The highest BCUT2D eigenvalue weighted by Crippen LogP contribution is 2.13. The molecule has 0 spiro atoms. The van der Waals surface area contributed by atoms with Gasteiger partial charge in [0.2, 0.25) is 5.91 Å². The topological polar surface area (TPSA) is 45.2 Å². The molecule has 4 nitrogen and oxygen atoms in total. The lowest BCUT2D eigenvalue weighted by Gasteiger charge is -2.33. The number of piperazine rings is 1. The second-order valence-corrected chi connectivity index (χ2v) is 5.47. The van der Waals surface area contributed by atoms with Crippen LogP contribution >= 0.6 is 11.3 Å². The van der Waals surface area contributed by atoms with Crippen molar-refractivity contribution in [2.24, 2.45) is 0 Å². The third-order valence-electron chi connectivity index (χ3n) is 2.81. The highest BCUT2D eigenvalue weighted by Gasteiger charge is 2.20. The number of aryl methyl sites for hydroxylation is 1. The van der Waals surface area contributed by atoms with Crippen molar-refractivity contribution in [1.29, 1.82) is 0 Å². The number of rotatable bonds is 2. The molecule has 1 aromatic heterocycles. The van der Waals surface area contributed by atoms with E-state index in [1.807, 2.05) is 17.9 Å². The van der Waals surface area contributed by atoms with Crippen LogP contribution in [-0.4, -0.2) is 41.5 Å². The quantitative estimate of drug-likeness (QED) is 0.806. The van der Waals surface area contributed by atoms with Crippen LogP contribution < -0.4 is 5.32 Å². The van der Waals surface area contributed by atoms with E-state index in [0.717, 1.165) is 29.5 Å². The van der Waals surface area contributed by atoms with E-state index in [9.17, 15) is 4.79 Å². The van der Waals surface area contributed by atoms with Crippen LogP contribution in [0.4, 0.5) is 0 Å². The summed E-state index contributed by atoms with van der Waals surface area (Å²) in [5.41, 5.74) is 0. The zero-order chi connectivity index (χ0) is 12.3. The zero-order valence-electron chi connectivity index (χ0n) is 10.1. The van der Waals surface area contributed by atoms with Gasteiger partial charge in [0, 0.05) is 42.8 Å². The minimum Gasteiger partial charge on any atom is -0.334 e. The number of hydrogen-bond acceptors (Lipinski definition) is 4. The first-order valence-electron chi connectivity index (χ1n) is 5.78. The second kappa shape index (κ2) is 5.42. The van der Waals surface area contributed by atoms with Gasteiger partial charge in [0.1, 0.15) is 0 Å². The number of hydrogen-bond donors (Lipinski definition) is 1. The molecule has 1 N–H and O–H groups in total. The van der Waals surface area contributed by atoms with Gasteiger partial charge in [0.05, 0.1) is 5.01 Å². The average Bonchev–Trinajstić information content (AvgIpc) is 2.73. The molecule has 1 aromatic rings. The summed E-state index contributed by atoms with van der Waals surface area (Å²) in [6.07, 6.45) is 5.29. The van der Waals surface area contributed by atoms with E-state index < -0.39 is 0 Å².